The summed E-state index contributed by atoms with van der Waals surface area (Å²) in [5.41, 5.74) is 0. The van der Waals surface area contributed by atoms with Crippen molar-refractivity contribution in [1.29, 1.82) is 0 Å². The fraction of sp³-hybridized carbons (Fsp3) is 0.500. The zero-order chi connectivity index (χ0) is 8.97. The van der Waals surface area contributed by atoms with Gasteiger partial charge in [-0.2, -0.15) is 0 Å². The molecular weight excluding hydrogens is 236 g/mol. The molecule has 12 heavy (non-hydrogen) atoms. The highest BCUT2D eigenvalue weighted by molar-refractivity contribution is 9.10. The standard InChI is InChI=1S/C8H11BrN2S/c1-3-6(2)12-8-7(9)4-10-5-11-8/h4-6H,3H2,1-2H3. The molecule has 1 heterocycles. The summed E-state index contributed by atoms with van der Waals surface area (Å²) >= 11 is 5.18. The van der Waals surface area contributed by atoms with Crippen LogP contribution in [0, 0.1) is 0 Å². The molecule has 0 fully saturated rings. The van der Waals surface area contributed by atoms with Gasteiger partial charge in [-0.1, -0.05) is 13.8 Å². The van der Waals surface area contributed by atoms with E-state index in [0.29, 0.717) is 5.25 Å². The zero-order valence-corrected chi connectivity index (χ0v) is 9.52. The first-order valence-electron chi connectivity index (χ1n) is 3.86. The van der Waals surface area contributed by atoms with Crippen LogP contribution in [-0.4, -0.2) is 15.2 Å². The van der Waals surface area contributed by atoms with Crippen LogP contribution in [0.1, 0.15) is 20.3 Å². The Morgan fingerprint density at radius 1 is 1.67 bits per heavy atom. The van der Waals surface area contributed by atoms with E-state index in [4.69, 9.17) is 0 Å². The van der Waals surface area contributed by atoms with E-state index in [9.17, 15) is 0 Å². The number of aromatic nitrogens is 2. The normalized spacial score (nSPS) is 12.9. The predicted molar refractivity (Wildman–Crippen MR) is 55.3 cm³/mol. The van der Waals surface area contributed by atoms with Crippen LogP contribution in [0.2, 0.25) is 0 Å². The summed E-state index contributed by atoms with van der Waals surface area (Å²) in [5, 5.41) is 1.63. The molecule has 0 saturated carbocycles. The minimum atomic E-state index is 0.608. The van der Waals surface area contributed by atoms with Crippen molar-refractivity contribution >= 4 is 27.7 Å². The van der Waals surface area contributed by atoms with Crippen LogP contribution in [0.25, 0.3) is 0 Å². The molecule has 0 saturated heterocycles. The number of hydrogen-bond donors (Lipinski definition) is 0. The maximum atomic E-state index is 4.17. The van der Waals surface area contributed by atoms with Gasteiger partial charge in [-0.25, -0.2) is 9.97 Å². The van der Waals surface area contributed by atoms with Crippen LogP contribution in [0.3, 0.4) is 0 Å². The molecule has 0 spiro atoms. The van der Waals surface area contributed by atoms with Crippen LogP contribution in [0.4, 0.5) is 0 Å². The lowest BCUT2D eigenvalue weighted by molar-refractivity contribution is 0.897. The van der Waals surface area contributed by atoms with Crippen LogP contribution in [0.5, 0.6) is 0 Å². The van der Waals surface area contributed by atoms with Crippen molar-refractivity contribution < 1.29 is 0 Å². The second-order valence-electron chi connectivity index (χ2n) is 2.51. The van der Waals surface area contributed by atoms with Gasteiger partial charge in [-0.3, -0.25) is 0 Å². The molecule has 0 aromatic carbocycles. The molecule has 0 amide bonds. The molecule has 4 heteroatoms. The highest BCUT2D eigenvalue weighted by atomic mass is 79.9. The Morgan fingerprint density at radius 3 is 3.00 bits per heavy atom. The van der Waals surface area contributed by atoms with Gasteiger partial charge in [0.25, 0.3) is 0 Å². The smallest absolute Gasteiger partial charge is 0.116 e. The highest BCUT2D eigenvalue weighted by Gasteiger charge is 2.05. The van der Waals surface area contributed by atoms with Gasteiger partial charge in [0.1, 0.15) is 11.4 Å². The molecule has 0 aliphatic heterocycles. The summed E-state index contributed by atoms with van der Waals surface area (Å²) in [5.74, 6) is 0. The van der Waals surface area contributed by atoms with Gasteiger partial charge in [0.15, 0.2) is 0 Å². The average molecular weight is 247 g/mol. The molecular formula is C8H11BrN2S. The fourth-order valence-electron chi connectivity index (χ4n) is 0.662. The minimum absolute atomic E-state index is 0.608. The van der Waals surface area contributed by atoms with Crippen molar-refractivity contribution in [3.8, 4) is 0 Å². The van der Waals surface area contributed by atoms with Crippen molar-refractivity contribution in [3.63, 3.8) is 0 Å². The highest BCUT2D eigenvalue weighted by Crippen LogP contribution is 2.28. The van der Waals surface area contributed by atoms with E-state index >= 15 is 0 Å². The minimum Gasteiger partial charge on any atom is -0.244 e. The number of thioether (sulfide) groups is 1. The van der Waals surface area contributed by atoms with Gasteiger partial charge >= 0.3 is 0 Å². The summed E-state index contributed by atoms with van der Waals surface area (Å²) in [4.78, 5) is 8.08. The monoisotopic (exact) mass is 246 g/mol. The van der Waals surface area contributed by atoms with Crippen LogP contribution in [-0.2, 0) is 0 Å². The molecule has 66 valence electrons. The third-order valence-electron chi connectivity index (χ3n) is 1.52. The molecule has 0 aliphatic rings. The fourth-order valence-corrected chi connectivity index (χ4v) is 1.98. The average Bonchev–Trinajstić information content (AvgIpc) is 2.09. The molecule has 0 N–H and O–H groups in total. The lowest BCUT2D eigenvalue weighted by Gasteiger charge is -2.07. The first-order valence-corrected chi connectivity index (χ1v) is 5.53. The molecule has 1 aromatic heterocycles. The van der Waals surface area contributed by atoms with Crippen LogP contribution >= 0.6 is 27.7 Å². The van der Waals surface area contributed by atoms with Gasteiger partial charge < -0.3 is 0 Å². The van der Waals surface area contributed by atoms with Crippen molar-refractivity contribution in [2.75, 3.05) is 0 Å². The van der Waals surface area contributed by atoms with Crippen molar-refractivity contribution in [3.05, 3.63) is 17.0 Å². The van der Waals surface area contributed by atoms with E-state index in [-0.39, 0.29) is 0 Å². The molecule has 1 aromatic rings. The quantitative estimate of drug-likeness (QED) is 0.606. The summed E-state index contributed by atoms with van der Waals surface area (Å²) in [6.07, 6.45) is 4.51. The Balaban J connectivity index is 2.69. The summed E-state index contributed by atoms with van der Waals surface area (Å²) in [7, 11) is 0. The summed E-state index contributed by atoms with van der Waals surface area (Å²) in [6.45, 7) is 4.37. The molecule has 2 nitrogen and oxygen atoms in total. The third-order valence-corrected chi connectivity index (χ3v) is 3.65. The Labute approximate surface area is 85.3 Å². The second kappa shape index (κ2) is 4.82. The lowest BCUT2D eigenvalue weighted by atomic mass is 10.4. The zero-order valence-electron chi connectivity index (χ0n) is 7.12. The van der Waals surface area contributed by atoms with E-state index in [0.717, 1.165) is 15.9 Å². The van der Waals surface area contributed by atoms with Gasteiger partial charge in [0.05, 0.1) is 4.47 Å². The maximum absolute atomic E-state index is 4.17. The Bertz CT molecular complexity index is 255. The van der Waals surface area contributed by atoms with Crippen molar-refractivity contribution in [2.45, 2.75) is 30.5 Å². The topological polar surface area (TPSA) is 25.8 Å². The molecule has 0 aliphatic carbocycles. The Kier molecular flexibility index (Phi) is 4.01. The molecule has 1 unspecified atom stereocenters. The number of halogens is 1. The van der Waals surface area contributed by atoms with Gasteiger partial charge in [0, 0.05) is 11.4 Å². The van der Waals surface area contributed by atoms with E-state index < -0.39 is 0 Å². The first kappa shape index (κ1) is 9.99. The summed E-state index contributed by atoms with van der Waals surface area (Å²) < 4.78 is 0.982. The molecule has 1 rings (SSSR count). The lowest BCUT2D eigenvalue weighted by Crippen LogP contribution is -1.94. The van der Waals surface area contributed by atoms with Gasteiger partial charge in [0.2, 0.25) is 0 Å². The number of nitrogens with zero attached hydrogens (tertiary/aromatic N) is 2. The Morgan fingerprint density at radius 2 is 2.42 bits per heavy atom. The van der Waals surface area contributed by atoms with Crippen LogP contribution in [0.15, 0.2) is 22.0 Å². The number of rotatable bonds is 3. The molecule has 1 atom stereocenters. The second-order valence-corrected chi connectivity index (χ2v) is 4.79. The molecule has 0 radical (unpaired) electrons. The SMILES string of the molecule is CCC(C)Sc1ncncc1Br. The van der Waals surface area contributed by atoms with Crippen molar-refractivity contribution in [2.24, 2.45) is 0 Å². The van der Waals surface area contributed by atoms with E-state index in [1.165, 1.54) is 0 Å². The van der Waals surface area contributed by atoms with E-state index in [2.05, 4.69) is 39.7 Å². The van der Waals surface area contributed by atoms with E-state index in [1.54, 1.807) is 24.3 Å². The van der Waals surface area contributed by atoms with Crippen LogP contribution < -0.4 is 0 Å². The third kappa shape index (κ3) is 2.75. The van der Waals surface area contributed by atoms with E-state index in [1.807, 2.05) is 0 Å². The molecule has 0 bridgehead atoms. The number of hydrogen-bond acceptors (Lipinski definition) is 3. The first-order chi connectivity index (χ1) is 5.74. The Hall–Kier alpha value is -0.0900. The maximum Gasteiger partial charge on any atom is 0.116 e. The van der Waals surface area contributed by atoms with Gasteiger partial charge in [-0.05, 0) is 22.4 Å². The van der Waals surface area contributed by atoms with Gasteiger partial charge in [-0.15, -0.1) is 11.8 Å². The summed E-state index contributed by atoms with van der Waals surface area (Å²) in [6, 6.07) is 0. The predicted octanol–water partition coefficient (Wildman–Crippen LogP) is 3.13. The largest absolute Gasteiger partial charge is 0.244 e. The van der Waals surface area contributed by atoms with Crippen molar-refractivity contribution in [1.82, 2.24) is 9.97 Å².